The zero-order valence-electron chi connectivity index (χ0n) is 8.62. The quantitative estimate of drug-likeness (QED) is 0.822. The van der Waals surface area contributed by atoms with Crippen molar-refractivity contribution in [2.45, 2.75) is 5.51 Å². The van der Waals surface area contributed by atoms with E-state index < -0.39 is 11.4 Å². The minimum atomic E-state index is -4.27. The molecule has 94 valence electrons. The van der Waals surface area contributed by atoms with Gasteiger partial charge >= 0.3 is 5.51 Å². The summed E-state index contributed by atoms with van der Waals surface area (Å²) in [6, 6.07) is 5.45. The molecule has 0 atom stereocenters. The third kappa shape index (κ3) is 5.48. The van der Waals surface area contributed by atoms with Gasteiger partial charge in [0.05, 0.1) is 0 Å². The second-order valence-electron chi connectivity index (χ2n) is 3.10. The SMILES string of the molecule is O=C(NCCSC(F)(F)F)c1ccc(O)cc1. The van der Waals surface area contributed by atoms with Crippen LogP contribution in [0.3, 0.4) is 0 Å². The number of nitrogens with one attached hydrogen (secondary N) is 1. The number of thioether (sulfide) groups is 1. The van der Waals surface area contributed by atoms with E-state index in [1.807, 2.05) is 0 Å². The number of carbonyl (C=O) groups excluding carboxylic acids is 1. The summed E-state index contributed by atoms with van der Waals surface area (Å²) in [5.41, 5.74) is -3.98. The number of hydrogen-bond donors (Lipinski definition) is 2. The Balaban J connectivity index is 2.33. The Morgan fingerprint density at radius 2 is 1.88 bits per heavy atom. The van der Waals surface area contributed by atoms with Gasteiger partial charge in [-0.05, 0) is 36.0 Å². The largest absolute Gasteiger partial charge is 0.508 e. The number of amides is 1. The second-order valence-corrected chi connectivity index (χ2v) is 4.26. The molecule has 0 radical (unpaired) electrons. The highest BCUT2D eigenvalue weighted by atomic mass is 32.2. The minimum absolute atomic E-state index is 0.0224. The van der Waals surface area contributed by atoms with Crippen LogP contribution in [0.4, 0.5) is 13.2 Å². The van der Waals surface area contributed by atoms with Gasteiger partial charge in [0.1, 0.15) is 5.75 Å². The number of alkyl halides is 3. The van der Waals surface area contributed by atoms with Crippen molar-refractivity contribution in [2.24, 2.45) is 0 Å². The molecule has 0 bridgehead atoms. The van der Waals surface area contributed by atoms with E-state index in [1.165, 1.54) is 24.3 Å². The van der Waals surface area contributed by atoms with Crippen molar-refractivity contribution in [1.29, 1.82) is 0 Å². The standard InChI is InChI=1S/C10H10F3NO2S/c11-10(12,13)17-6-5-14-9(16)7-1-3-8(15)4-2-7/h1-4,15H,5-6H2,(H,14,16). The molecule has 2 N–H and O–H groups in total. The molecule has 0 unspecified atom stereocenters. The molecule has 0 aromatic heterocycles. The first kappa shape index (κ1) is 13.7. The molecular formula is C10H10F3NO2S. The van der Waals surface area contributed by atoms with E-state index in [2.05, 4.69) is 5.32 Å². The van der Waals surface area contributed by atoms with Crippen LogP contribution in [0.25, 0.3) is 0 Å². The van der Waals surface area contributed by atoms with E-state index >= 15 is 0 Å². The Bertz CT molecular complexity index is 378. The van der Waals surface area contributed by atoms with Gasteiger partial charge in [-0.3, -0.25) is 4.79 Å². The summed E-state index contributed by atoms with van der Waals surface area (Å²) in [4.78, 5) is 11.4. The summed E-state index contributed by atoms with van der Waals surface area (Å²) >= 11 is -0.182. The van der Waals surface area contributed by atoms with E-state index in [9.17, 15) is 18.0 Å². The maximum absolute atomic E-state index is 11.8. The van der Waals surface area contributed by atoms with Crippen LogP contribution in [0.15, 0.2) is 24.3 Å². The first-order chi connectivity index (χ1) is 7.88. The van der Waals surface area contributed by atoms with Crippen molar-refractivity contribution >= 4 is 17.7 Å². The van der Waals surface area contributed by atoms with E-state index in [-0.39, 0.29) is 29.8 Å². The number of hydrogen-bond acceptors (Lipinski definition) is 3. The molecule has 0 spiro atoms. The summed E-state index contributed by atoms with van der Waals surface area (Å²) in [6.07, 6.45) is 0. The third-order valence-corrected chi connectivity index (χ3v) is 2.52. The number of aromatic hydroxyl groups is 1. The van der Waals surface area contributed by atoms with Gasteiger partial charge in [-0.2, -0.15) is 13.2 Å². The summed E-state index contributed by atoms with van der Waals surface area (Å²) in [7, 11) is 0. The molecular weight excluding hydrogens is 255 g/mol. The van der Waals surface area contributed by atoms with E-state index in [0.717, 1.165) is 0 Å². The van der Waals surface area contributed by atoms with Gasteiger partial charge in [0.2, 0.25) is 0 Å². The summed E-state index contributed by atoms with van der Waals surface area (Å²) in [6.45, 7) is -0.0656. The summed E-state index contributed by atoms with van der Waals surface area (Å²) in [5.74, 6) is -0.671. The molecule has 0 saturated heterocycles. The number of phenolic OH excluding ortho intramolecular Hbond substituents is 1. The smallest absolute Gasteiger partial charge is 0.441 e. The molecule has 0 aliphatic heterocycles. The highest BCUT2D eigenvalue weighted by molar-refractivity contribution is 8.00. The topological polar surface area (TPSA) is 49.3 Å². The average Bonchev–Trinajstić information content (AvgIpc) is 2.24. The van der Waals surface area contributed by atoms with Crippen molar-refractivity contribution in [2.75, 3.05) is 12.3 Å². The highest BCUT2D eigenvalue weighted by Crippen LogP contribution is 2.29. The molecule has 0 aliphatic carbocycles. The van der Waals surface area contributed by atoms with Crippen LogP contribution in [0.5, 0.6) is 5.75 Å². The van der Waals surface area contributed by atoms with Crippen molar-refractivity contribution in [3.05, 3.63) is 29.8 Å². The summed E-state index contributed by atoms with van der Waals surface area (Å²) in [5, 5.41) is 11.3. The lowest BCUT2D eigenvalue weighted by atomic mass is 10.2. The van der Waals surface area contributed by atoms with Crippen molar-refractivity contribution in [3.63, 3.8) is 0 Å². The Hall–Kier alpha value is -1.37. The second kappa shape index (κ2) is 5.81. The number of phenols is 1. The van der Waals surface area contributed by atoms with E-state index in [1.54, 1.807) is 0 Å². The Kier molecular flexibility index (Phi) is 4.68. The lowest BCUT2D eigenvalue weighted by Gasteiger charge is -2.07. The molecule has 0 fully saturated rings. The molecule has 3 nitrogen and oxygen atoms in total. The van der Waals surface area contributed by atoms with Crippen molar-refractivity contribution in [3.8, 4) is 5.75 Å². The molecule has 1 rings (SSSR count). The summed E-state index contributed by atoms with van der Waals surface area (Å²) < 4.78 is 35.3. The minimum Gasteiger partial charge on any atom is -0.508 e. The van der Waals surface area contributed by atoms with Gasteiger partial charge in [0.25, 0.3) is 5.91 Å². The zero-order valence-corrected chi connectivity index (χ0v) is 9.44. The monoisotopic (exact) mass is 265 g/mol. The molecule has 1 amide bonds. The van der Waals surface area contributed by atoms with E-state index in [4.69, 9.17) is 5.11 Å². The average molecular weight is 265 g/mol. The maximum atomic E-state index is 11.8. The van der Waals surface area contributed by atoms with Gasteiger partial charge in [-0.1, -0.05) is 0 Å². The fraction of sp³-hybridized carbons (Fsp3) is 0.300. The van der Waals surface area contributed by atoms with Crippen molar-refractivity contribution < 1.29 is 23.1 Å². The number of benzene rings is 1. The fourth-order valence-corrected chi connectivity index (χ4v) is 1.48. The van der Waals surface area contributed by atoms with Crippen LogP contribution in [0.1, 0.15) is 10.4 Å². The van der Waals surface area contributed by atoms with Gasteiger partial charge < -0.3 is 10.4 Å². The predicted molar refractivity (Wildman–Crippen MR) is 59.0 cm³/mol. The highest BCUT2D eigenvalue weighted by Gasteiger charge is 2.27. The number of halogens is 3. The number of rotatable bonds is 4. The maximum Gasteiger partial charge on any atom is 0.441 e. The van der Waals surface area contributed by atoms with Gasteiger partial charge in [-0.25, -0.2) is 0 Å². The zero-order chi connectivity index (χ0) is 12.9. The lowest BCUT2D eigenvalue weighted by molar-refractivity contribution is -0.0327. The molecule has 17 heavy (non-hydrogen) atoms. The molecule has 7 heteroatoms. The van der Waals surface area contributed by atoms with Crippen LogP contribution in [0, 0.1) is 0 Å². The molecule has 1 aromatic carbocycles. The Morgan fingerprint density at radius 3 is 2.41 bits per heavy atom. The van der Waals surface area contributed by atoms with Crippen LogP contribution in [-0.2, 0) is 0 Å². The van der Waals surface area contributed by atoms with Gasteiger partial charge in [0.15, 0.2) is 0 Å². The molecule has 0 saturated carbocycles. The van der Waals surface area contributed by atoms with Gasteiger partial charge in [0, 0.05) is 17.9 Å². The molecule has 0 heterocycles. The van der Waals surface area contributed by atoms with E-state index in [0.29, 0.717) is 5.56 Å². The number of carbonyl (C=O) groups is 1. The van der Waals surface area contributed by atoms with Crippen LogP contribution in [0.2, 0.25) is 0 Å². The Labute approximate surface area is 100 Å². The van der Waals surface area contributed by atoms with Crippen LogP contribution in [-0.4, -0.2) is 28.8 Å². The molecule has 0 aliphatic rings. The van der Waals surface area contributed by atoms with Gasteiger partial charge in [-0.15, -0.1) is 0 Å². The normalized spacial score (nSPS) is 11.2. The van der Waals surface area contributed by atoms with Crippen molar-refractivity contribution in [1.82, 2.24) is 5.32 Å². The van der Waals surface area contributed by atoms with Crippen LogP contribution < -0.4 is 5.32 Å². The first-order valence-corrected chi connectivity index (χ1v) is 5.65. The van der Waals surface area contributed by atoms with Crippen LogP contribution >= 0.6 is 11.8 Å². The predicted octanol–water partition coefficient (Wildman–Crippen LogP) is 2.38. The third-order valence-electron chi connectivity index (χ3n) is 1.78. The Morgan fingerprint density at radius 1 is 1.29 bits per heavy atom. The first-order valence-electron chi connectivity index (χ1n) is 4.66. The fourth-order valence-electron chi connectivity index (χ4n) is 1.05. The lowest BCUT2D eigenvalue weighted by Crippen LogP contribution is -2.26. The molecule has 1 aromatic rings.